The van der Waals surface area contributed by atoms with Crippen LogP contribution in [0.25, 0.3) is 0 Å². The first-order valence-corrected chi connectivity index (χ1v) is 4.88. The van der Waals surface area contributed by atoms with Crippen LogP contribution in [0, 0.1) is 5.92 Å². The zero-order valence-corrected chi connectivity index (χ0v) is 8.18. The molecule has 0 saturated carbocycles. The average molecular weight is 172 g/mol. The van der Waals surface area contributed by atoms with Crippen LogP contribution in [0.1, 0.15) is 52.4 Å². The van der Waals surface area contributed by atoms with Gasteiger partial charge in [0, 0.05) is 6.42 Å². The molecule has 1 N–H and O–H groups in total. The molecule has 0 radical (unpaired) electrons. The van der Waals surface area contributed by atoms with Gasteiger partial charge in [-0.15, -0.1) is 0 Å². The van der Waals surface area contributed by atoms with Crippen molar-refractivity contribution in [3.63, 3.8) is 0 Å². The molecule has 0 aromatic carbocycles. The standard InChI is InChI=1S/C10H20O2/c1-3-4-5-6-9(2)7-8-10(11)12/h9H,3-8H2,1-2H3,(H,11,12)/t9-/m0/s1. The third kappa shape index (κ3) is 7.58. The molecule has 0 aliphatic rings. The third-order valence-corrected chi connectivity index (χ3v) is 2.15. The van der Waals surface area contributed by atoms with Gasteiger partial charge in [-0.2, -0.15) is 0 Å². The largest absolute Gasteiger partial charge is 0.481 e. The lowest BCUT2D eigenvalue weighted by atomic mass is 9.98. The van der Waals surface area contributed by atoms with Gasteiger partial charge < -0.3 is 5.11 Å². The number of carboxylic acids is 1. The van der Waals surface area contributed by atoms with Gasteiger partial charge in [0.05, 0.1) is 0 Å². The van der Waals surface area contributed by atoms with E-state index in [1.54, 1.807) is 0 Å². The van der Waals surface area contributed by atoms with Crippen molar-refractivity contribution in [1.29, 1.82) is 0 Å². The molecule has 0 rings (SSSR count). The molecule has 2 nitrogen and oxygen atoms in total. The Balaban J connectivity index is 3.21. The van der Waals surface area contributed by atoms with E-state index < -0.39 is 5.97 Å². The molecule has 72 valence electrons. The molecule has 0 fully saturated rings. The first kappa shape index (κ1) is 11.5. The van der Waals surface area contributed by atoms with Crippen LogP contribution in [0.15, 0.2) is 0 Å². The second-order valence-corrected chi connectivity index (χ2v) is 3.53. The maximum absolute atomic E-state index is 10.2. The van der Waals surface area contributed by atoms with Crippen LogP contribution >= 0.6 is 0 Å². The summed E-state index contributed by atoms with van der Waals surface area (Å²) < 4.78 is 0. The highest BCUT2D eigenvalue weighted by atomic mass is 16.4. The molecule has 0 amide bonds. The lowest BCUT2D eigenvalue weighted by Gasteiger charge is -2.08. The molecule has 0 aromatic heterocycles. The molecule has 0 aliphatic carbocycles. The van der Waals surface area contributed by atoms with E-state index >= 15 is 0 Å². The lowest BCUT2D eigenvalue weighted by molar-refractivity contribution is -0.137. The van der Waals surface area contributed by atoms with E-state index in [4.69, 9.17) is 5.11 Å². The zero-order valence-electron chi connectivity index (χ0n) is 8.18. The molecule has 0 bridgehead atoms. The molecule has 12 heavy (non-hydrogen) atoms. The lowest BCUT2D eigenvalue weighted by Crippen LogP contribution is -2.00. The molecule has 0 spiro atoms. The van der Waals surface area contributed by atoms with Gasteiger partial charge in [0.15, 0.2) is 0 Å². The highest BCUT2D eigenvalue weighted by Crippen LogP contribution is 2.14. The fraction of sp³-hybridized carbons (Fsp3) is 0.900. The van der Waals surface area contributed by atoms with Crippen molar-refractivity contribution >= 4 is 5.97 Å². The second-order valence-electron chi connectivity index (χ2n) is 3.53. The molecular weight excluding hydrogens is 152 g/mol. The van der Waals surface area contributed by atoms with E-state index in [2.05, 4.69) is 13.8 Å². The number of unbranched alkanes of at least 4 members (excludes halogenated alkanes) is 2. The first-order valence-electron chi connectivity index (χ1n) is 4.88. The normalized spacial score (nSPS) is 12.8. The maximum Gasteiger partial charge on any atom is 0.303 e. The summed E-state index contributed by atoms with van der Waals surface area (Å²) in [4.78, 5) is 10.2. The minimum absolute atomic E-state index is 0.327. The van der Waals surface area contributed by atoms with Crippen LogP contribution in [-0.4, -0.2) is 11.1 Å². The van der Waals surface area contributed by atoms with Gasteiger partial charge in [-0.05, 0) is 12.3 Å². The summed E-state index contributed by atoms with van der Waals surface area (Å²) in [6, 6.07) is 0. The predicted octanol–water partition coefficient (Wildman–Crippen LogP) is 3.07. The summed E-state index contributed by atoms with van der Waals surface area (Å²) in [5.41, 5.74) is 0. The first-order chi connectivity index (χ1) is 5.66. The predicted molar refractivity (Wildman–Crippen MR) is 50.2 cm³/mol. The van der Waals surface area contributed by atoms with Crippen molar-refractivity contribution in [2.45, 2.75) is 52.4 Å². The van der Waals surface area contributed by atoms with E-state index in [0.29, 0.717) is 12.3 Å². The van der Waals surface area contributed by atoms with Crippen molar-refractivity contribution < 1.29 is 9.90 Å². The van der Waals surface area contributed by atoms with Crippen molar-refractivity contribution in [3.05, 3.63) is 0 Å². The van der Waals surface area contributed by atoms with Gasteiger partial charge in [0.2, 0.25) is 0 Å². The molecule has 2 heteroatoms. The zero-order chi connectivity index (χ0) is 9.40. The Bertz CT molecular complexity index is 121. The average Bonchev–Trinajstić information content (AvgIpc) is 2.01. The minimum Gasteiger partial charge on any atom is -0.481 e. The van der Waals surface area contributed by atoms with Gasteiger partial charge in [0.25, 0.3) is 0 Å². The van der Waals surface area contributed by atoms with Gasteiger partial charge in [0.1, 0.15) is 0 Å². The molecule has 0 aliphatic heterocycles. The summed E-state index contributed by atoms with van der Waals surface area (Å²) in [5.74, 6) is -0.0926. The molecule has 0 saturated heterocycles. The summed E-state index contributed by atoms with van der Waals surface area (Å²) >= 11 is 0. The van der Waals surface area contributed by atoms with Gasteiger partial charge in [-0.25, -0.2) is 0 Å². The van der Waals surface area contributed by atoms with Crippen molar-refractivity contribution in [3.8, 4) is 0 Å². The quantitative estimate of drug-likeness (QED) is 0.599. The van der Waals surface area contributed by atoms with Crippen LogP contribution in [0.4, 0.5) is 0 Å². The topological polar surface area (TPSA) is 37.3 Å². The van der Waals surface area contributed by atoms with E-state index in [-0.39, 0.29) is 0 Å². The van der Waals surface area contributed by atoms with Crippen molar-refractivity contribution in [2.75, 3.05) is 0 Å². The maximum atomic E-state index is 10.2. The van der Waals surface area contributed by atoms with Crippen LogP contribution in [-0.2, 0) is 4.79 Å². The summed E-state index contributed by atoms with van der Waals surface area (Å²) in [7, 11) is 0. The van der Waals surface area contributed by atoms with E-state index in [0.717, 1.165) is 6.42 Å². The number of rotatable bonds is 7. The number of aliphatic carboxylic acids is 1. The van der Waals surface area contributed by atoms with E-state index in [1.165, 1.54) is 25.7 Å². The Morgan fingerprint density at radius 2 is 2.00 bits per heavy atom. The molecule has 0 aromatic rings. The number of hydrogen-bond acceptors (Lipinski definition) is 1. The third-order valence-electron chi connectivity index (χ3n) is 2.15. The van der Waals surface area contributed by atoms with Crippen molar-refractivity contribution in [1.82, 2.24) is 0 Å². The summed E-state index contributed by atoms with van der Waals surface area (Å²) in [6.45, 7) is 4.32. The Hall–Kier alpha value is -0.530. The second kappa shape index (κ2) is 7.14. The van der Waals surface area contributed by atoms with Gasteiger partial charge in [-0.3, -0.25) is 4.79 Å². The summed E-state index contributed by atoms with van der Waals surface area (Å²) in [6.07, 6.45) is 6.10. The number of carbonyl (C=O) groups is 1. The molecular formula is C10H20O2. The number of carboxylic acid groups (broad SMARTS) is 1. The Kier molecular flexibility index (Phi) is 6.82. The van der Waals surface area contributed by atoms with Crippen LogP contribution < -0.4 is 0 Å². The van der Waals surface area contributed by atoms with Gasteiger partial charge >= 0.3 is 5.97 Å². The van der Waals surface area contributed by atoms with Gasteiger partial charge in [-0.1, -0.05) is 39.5 Å². The molecule has 0 unspecified atom stereocenters. The summed E-state index contributed by atoms with van der Waals surface area (Å²) in [5, 5.41) is 8.43. The SMILES string of the molecule is CCCCC[C@H](C)CCC(=O)O. The Labute approximate surface area is 75.0 Å². The minimum atomic E-state index is -0.669. The Morgan fingerprint density at radius 3 is 2.50 bits per heavy atom. The fourth-order valence-electron chi connectivity index (χ4n) is 1.26. The molecule has 1 atom stereocenters. The highest BCUT2D eigenvalue weighted by molar-refractivity contribution is 5.66. The van der Waals surface area contributed by atoms with Crippen LogP contribution in [0.3, 0.4) is 0 Å². The highest BCUT2D eigenvalue weighted by Gasteiger charge is 2.04. The molecule has 0 heterocycles. The van der Waals surface area contributed by atoms with Crippen molar-refractivity contribution in [2.24, 2.45) is 5.92 Å². The van der Waals surface area contributed by atoms with E-state index in [9.17, 15) is 4.79 Å². The van der Waals surface area contributed by atoms with E-state index in [1.807, 2.05) is 0 Å². The number of hydrogen-bond donors (Lipinski definition) is 1. The Morgan fingerprint density at radius 1 is 1.33 bits per heavy atom. The fourth-order valence-corrected chi connectivity index (χ4v) is 1.26. The van der Waals surface area contributed by atoms with Crippen LogP contribution in [0.5, 0.6) is 0 Å². The van der Waals surface area contributed by atoms with Crippen LogP contribution in [0.2, 0.25) is 0 Å². The smallest absolute Gasteiger partial charge is 0.303 e. The monoisotopic (exact) mass is 172 g/mol.